The van der Waals surface area contributed by atoms with Crippen LogP contribution in [0.15, 0.2) is 36.5 Å². The maximum atomic E-state index is 11.3. The number of rotatable bonds is 5. The average molecular weight is 245 g/mol. The summed E-state index contributed by atoms with van der Waals surface area (Å²) in [5, 5.41) is 0. The number of carbonyl (C=O) groups excluding carboxylic acids is 1. The predicted molar refractivity (Wildman–Crippen MR) is 68.1 cm³/mol. The fourth-order valence-corrected chi connectivity index (χ4v) is 1.62. The van der Waals surface area contributed by atoms with Crippen LogP contribution in [0.4, 0.5) is 0 Å². The normalized spacial score (nSPS) is 10.1. The van der Waals surface area contributed by atoms with E-state index in [0.29, 0.717) is 23.7 Å². The van der Waals surface area contributed by atoms with Crippen LogP contribution in [-0.2, 0) is 6.61 Å². The van der Waals surface area contributed by atoms with Crippen LogP contribution in [0.1, 0.15) is 23.0 Å². The standard InChI is InChI=1S/C14H15NO3/c1-10(16)11-5-6-13(14(8-11)17-2)18-9-12-4-3-7-15-12/h3-8,15H,9H2,1-2H3. The first-order valence-corrected chi connectivity index (χ1v) is 5.64. The summed E-state index contributed by atoms with van der Waals surface area (Å²) >= 11 is 0. The van der Waals surface area contributed by atoms with Gasteiger partial charge in [0.1, 0.15) is 6.61 Å². The van der Waals surface area contributed by atoms with Gasteiger partial charge in [0.15, 0.2) is 17.3 Å². The fourth-order valence-electron chi connectivity index (χ4n) is 1.62. The van der Waals surface area contributed by atoms with E-state index in [0.717, 1.165) is 5.69 Å². The molecule has 18 heavy (non-hydrogen) atoms. The van der Waals surface area contributed by atoms with Crippen molar-refractivity contribution >= 4 is 5.78 Å². The Balaban J connectivity index is 2.14. The molecular weight excluding hydrogens is 230 g/mol. The number of hydrogen-bond donors (Lipinski definition) is 1. The predicted octanol–water partition coefficient (Wildman–Crippen LogP) is 2.80. The second kappa shape index (κ2) is 5.40. The minimum atomic E-state index is 0.00391. The van der Waals surface area contributed by atoms with Crippen molar-refractivity contribution in [3.63, 3.8) is 0 Å². The van der Waals surface area contributed by atoms with E-state index in [1.165, 1.54) is 6.92 Å². The number of methoxy groups -OCH3 is 1. The van der Waals surface area contributed by atoms with E-state index in [1.807, 2.05) is 18.3 Å². The topological polar surface area (TPSA) is 51.3 Å². The van der Waals surface area contributed by atoms with Crippen molar-refractivity contribution in [2.24, 2.45) is 0 Å². The Labute approximate surface area is 106 Å². The molecule has 2 rings (SSSR count). The summed E-state index contributed by atoms with van der Waals surface area (Å²) in [6.07, 6.45) is 1.84. The molecule has 1 N–H and O–H groups in total. The van der Waals surface area contributed by atoms with Crippen molar-refractivity contribution in [1.29, 1.82) is 0 Å². The zero-order valence-electron chi connectivity index (χ0n) is 10.4. The number of ether oxygens (including phenoxy) is 2. The van der Waals surface area contributed by atoms with Gasteiger partial charge in [-0.2, -0.15) is 0 Å². The molecule has 0 aliphatic heterocycles. The number of aromatic amines is 1. The van der Waals surface area contributed by atoms with Crippen LogP contribution < -0.4 is 9.47 Å². The first-order chi connectivity index (χ1) is 8.70. The van der Waals surface area contributed by atoms with Gasteiger partial charge in [0.05, 0.1) is 12.8 Å². The van der Waals surface area contributed by atoms with Crippen molar-refractivity contribution in [1.82, 2.24) is 4.98 Å². The van der Waals surface area contributed by atoms with E-state index in [4.69, 9.17) is 9.47 Å². The van der Waals surface area contributed by atoms with Crippen LogP contribution in [0, 0.1) is 0 Å². The van der Waals surface area contributed by atoms with Crippen LogP contribution in [0.5, 0.6) is 11.5 Å². The number of carbonyl (C=O) groups is 1. The van der Waals surface area contributed by atoms with E-state index in [2.05, 4.69) is 4.98 Å². The molecule has 0 radical (unpaired) electrons. The molecule has 2 aromatic rings. The quantitative estimate of drug-likeness (QED) is 0.824. The van der Waals surface area contributed by atoms with E-state index < -0.39 is 0 Å². The van der Waals surface area contributed by atoms with E-state index in [9.17, 15) is 4.79 Å². The Morgan fingerprint density at radius 2 is 2.11 bits per heavy atom. The summed E-state index contributed by atoms with van der Waals surface area (Å²) in [6.45, 7) is 1.96. The van der Waals surface area contributed by atoms with E-state index in [1.54, 1.807) is 25.3 Å². The van der Waals surface area contributed by atoms with Gasteiger partial charge in [0.2, 0.25) is 0 Å². The van der Waals surface area contributed by atoms with E-state index in [-0.39, 0.29) is 5.78 Å². The summed E-state index contributed by atoms with van der Waals surface area (Å²) in [5.41, 5.74) is 1.59. The SMILES string of the molecule is COc1cc(C(C)=O)ccc1OCc1ccc[nH]1. The molecular formula is C14H15NO3. The van der Waals surface area contributed by atoms with Crippen molar-refractivity contribution in [2.75, 3.05) is 7.11 Å². The molecule has 0 aliphatic rings. The summed E-state index contributed by atoms with van der Waals surface area (Å²) in [7, 11) is 1.56. The third kappa shape index (κ3) is 2.71. The number of H-pyrrole nitrogens is 1. The van der Waals surface area contributed by atoms with Crippen molar-refractivity contribution in [3.05, 3.63) is 47.8 Å². The number of hydrogen-bond acceptors (Lipinski definition) is 3. The molecule has 4 nitrogen and oxygen atoms in total. The highest BCUT2D eigenvalue weighted by Gasteiger charge is 2.08. The highest BCUT2D eigenvalue weighted by Crippen LogP contribution is 2.28. The van der Waals surface area contributed by atoms with Gasteiger partial charge >= 0.3 is 0 Å². The number of aromatic nitrogens is 1. The maximum Gasteiger partial charge on any atom is 0.161 e. The smallest absolute Gasteiger partial charge is 0.161 e. The molecule has 0 spiro atoms. The molecule has 0 atom stereocenters. The van der Waals surface area contributed by atoms with Gasteiger partial charge < -0.3 is 14.5 Å². The van der Waals surface area contributed by atoms with Gasteiger partial charge in [-0.15, -0.1) is 0 Å². The second-order valence-corrected chi connectivity index (χ2v) is 3.91. The lowest BCUT2D eigenvalue weighted by molar-refractivity contribution is 0.101. The molecule has 0 aliphatic carbocycles. The van der Waals surface area contributed by atoms with Gasteiger partial charge in [-0.05, 0) is 37.3 Å². The third-order valence-corrected chi connectivity index (χ3v) is 2.62. The molecule has 1 heterocycles. The Morgan fingerprint density at radius 1 is 1.28 bits per heavy atom. The largest absolute Gasteiger partial charge is 0.493 e. The van der Waals surface area contributed by atoms with Gasteiger partial charge in [0.25, 0.3) is 0 Å². The van der Waals surface area contributed by atoms with Crippen LogP contribution in [0.3, 0.4) is 0 Å². The Morgan fingerprint density at radius 3 is 2.72 bits per heavy atom. The summed E-state index contributed by atoms with van der Waals surface area (Å²) in [5.74, 6) is 1.19. The van der Waals surface area contributed by atoms with Crippen LogP contribution >= 0.6 is 0 Å². The van der Waals surface area contributed by atoms with Crippen molar-refractivity contribution < 1.29 is 14.3 Å². The number of benzene rings is 1. The molecule has 0 unspecified atom stereocenters. The van der Waals surface area contributed by atoms with E-state index >= 15 is 0 Å². The number of nitrogens with one attached hydrogen (secondary N) is 1. The molecule has 0 fully saturated rings. The molecule has 4 heteroatoms. The zero-order valence-corrected chi connectivity index (χ0v) is 10.4. The monoisotopic (exact) mass is 245 g/mol. The highest BCUT2D eigenvalue weighted by atomic mass is 16.5. The lowest BCUT2D eigenvalue weighted by Crippen LogP contribution is -2.00. The Hall–Kier alpha value is -2.23. The Kier molecular flexibility index (Phi) is 3.67. The summed E-state index contributed by atoms with van der Waals surface area (Å²) in [6, 6.07) is 9.02. The lowest BCUT2D eigenvalue weighted by Gasteiger charge is -2.10. The maximum absolute atomic E-state index is 11.3. The van der Waals surface area contributed by atoms with Gasteiger partial charge in [0, 0.05) is 11.8 Å². The molecule has 1 aromatic heterocycles. The minimum Gasteiger partial charge on any atom is -0.493 e. The Bertz CT molecular complexity index is 532. The average Bonchev–Trinajstić information content (AvgIpc) is 2.89. The molecule has 0 bridgehead atoms. The molecule has 94 valence electrons. The fraction of sp³-hybridized carbons (Fsp3) is 0.214. The van der Waals surface area contributed by atoms with Gasteiger partial charge in [-0.25, -0.2) is 0 Å². The molecule has 0 saturated carbocycles. The van der Waals surface area contributed by atoms with Crippen LogP contribution in [0.25, 0.3) is 0 Å². The molecule has 0 amide bonds. The molecule has 1 aromatic carbocycles. The highest BCUT2D eigenvalue weighted by molar-refractivity contribution is 5.94. The third-order valence-electron chi connectivity index (χ3n) is 2.62. The van der Waals surface area contributed by atoms with Crippen LogP contribution in [-0.4, -0.2) is 17.9 Å². The summed E-state index contributed by atoms with van der Waals surface area (Å²) < 4.78 is 10.9. The lowest BCUT2D eigenvalue weighted by atomic mass is 10.1. The summed E-state index contributed by atoms with van der Waals surface area (Å²) in [4.78, 5) is 14.3. The van der Waals surface area contributed by atoms with Gasteiger partial charge in [-0.1, -0.05) is 0 Å². The first-order valence-electron chi connectivity index (χ1n) is 5.64. The number of Topliss-reactive ketones (excluding diaryl/α,β-unsaturated/α-hetero) is 1. The first kappa shape index (κ1) is 12.2. The van der Waals surface area contributed by atoms with Crippen LogP contribution in [0.2, 0.25) is 0 Å². The molecule has 0 saturated heterocycles. The number of ketones is 1. The minimum absolute atomic E-state index is 0.00391. The van der Waals surface area contributed by atoms with Crippen molar-refractivity contribution in [2.45, 2.75) is 13.5 Å². The van der Waals surface area contributed by atoms with Gasteiger partial charge in [-0.3, -0.25) is 4.79 Å². The van der Waals surface area contributed by atoms with Crippen molar-refractivity contribution in [3.8, 4) is 11.5 Å². The second-order valence-electron chi connectivity index (χ2n) is 3.91. The zero-order chi connectivity index (χ0) is 13.0.